The topological polar surface area (TPSA) is 17.6 Å². The van der Waals surface area contributed by atoms with Crippen LogP contribution in [-0.4, -0.2) is 4.40 Å². The highest BCUT2D eigenvalue weighted by Crippen LogP contribution is 2.44. The lowest BCUT2D eigenvalue weighted by Gasteiger charge is -2.09. The molecule has 0 radical (unpaired) electrons. The normalized spacial score (nSPS) is 13.7. The predicted octanol–water partition coefficient (Wildman–Crippen LogP) is 11.4. The predicted molar refractivity (Wildman–Crippen MR) is 199 cm³/mol. The smallest absolute Gasteiger partial charge is 0.136 e. The number of aromatic nitrogens is 1. The lowest BCUT2D eigenvalue weighted by Crippen LogP contribution is -2.18. The van der Waals surface area contributed by atoms with Crippen LogP contribution >= 0.6 is 0 Å². The van der Waals surface area contributed by atoms with E-state index in [1.807, 2.05) is 6.92 Å². The van der Waals surface area contributed by atoms with Gasteiger partial charge in [0.05, 0.1) is 16.6 Å². The third kappa shape index (κ3) is 3.76. The fourth-order valence-corrected chi connectivity index (χ4v) is 7.78. The summed E-state index contributed by atoms with van der Waals surface area (Å²) in [6, 6.07) is 35.1. The molecule has 46 heavy (non-hydrogen) atoms. The lowest BCUT2D eigenvalue weighted by atomic mass is 9.95. The van der Waals surface area contributed by atoms with Gasteiger partial charge in [-0.1, -0.05) is 76.2 Å². The zero-order valence-electron chi connectivity index (χ0n) is 27.3. The van der Waals surface area contributed by atoms with Crippen molar-refractivity contribution in [1.82, 2.24) is 4.40 Å². The maximum atomic E-state index is 6.33. The zero-order chi connectivity index (χ0) is 31.4. The van der Waals surface area contributed by atoms with Gasteiger partial charge in [-0.2, -0.15) is 0 Å². The molecule has 9 aromatic rings. The first-order chi connectivity index (χ1) is 22.3. The van der Waals surface area contributed by atoms with E-state index in [1.54, 1.807) is 0 Å². The van der Waals surface area contributed by atoms with E-state index in [2.05, 4.69) is 142 Å². The minimum Gasteiger partial charge on any atom is -0.456 e. The molecule has 0 aliphatic carbocycles. The Hall–Kier alpha value is -5.08. The zero-order valence-corrected chi connectivity index (χ0v) is 27.3. The second-order valence-electron chi connectivity index (χ2n) is 13.7. The maximum absolute atomic E-state index is 6.33. The quantitative estimate of drug-likeness (QED) is 0.199. The van der Waals surface area contributed by atoms with Crippen LogP contribution in [0.5, 0.6) is 0 Å². The van der Waals surface area contributed by atoms with Crippen LogP contribution < -0.4 is 10.6 Å². The average molecular weight is 596 g/mol. The molecule has 0 unspecified atom stereocenters. The van der Waals surface area contributed by atoms with Crippen molar-refractivity contribution in [2.24, 2.45) is 0 Å². The first-order valence-corrected chi connectivity index (χ1v) is 16.6. The largest absolute Gasteiger partial charge is 0.456 e. The molecule has 2 nitrogen and oxygen atoms in total. The molecule has 9 rings (SSSR count). The number of fused-ring (bicyclic) bond motifs is 9. The van der Waals surface area contributed by atoms with Gasteiger partial charge in [0.15, 0.2) is 0 Å². The second kappa shape index (κ2) is 9.71. The molecule has 0 aliphatic rings. The number of hydrogen-bond acceptors (Lipinski definition) is 1. The summed E-state index contributed by atoms with van der Waals surface area (Å²) in [5.41, 5.74) is 10.8. The number of rotatable bonds is 3. The number of hydrogen-bond donors (Lipinski definition) is 0. The maximum Gasteiger partial charge on any atom is 0.136 e. The molecule has 0 N–H and O–H groups in total. The van der Waals surface area contributed by atoms with Crippen molar-refractivity contribution < 1.29 is 4.42 Å². The molecule has 0 bridgehead atoms. The highest BCUT2D eigenvalue weighted by atomic mass is 16.3. The number of nitrogens with zero attached hydrogens (tertiary/aromatic N) is 1. The summed E-state index contributed by atoms with van der Waals surface area (Å²) in [5.74, 6) is 0.978. The van der Waals surface area contributed by atoms with E-state index in [0.29, 0.717) is 11.8 Å². The van der Waals surface area contributed by atoms with Gasteiger partial charge in [0.25, 0.3) is 0 Å². The molecular formula is C44H37NO. The van der Waals surface area contributed by atoms with Gasteiger partial charge >= 0.3 is 0 Å². The summed E-state index contributed by atoms with van der Waals surface area (Å²) in [6.45, 7) is 13.2. The summed E-state index contributed by atoms with van der Waals surface area (Å²) < 4.78 is 8.85. The first-order valence-electron chi connectivity index (χ1n) is 16.6. The first kappa shape index (κ1) is 27.2. The van der Waals surface area contributed by atoms with E-state index in [0.717, 1.165) is 21.6 Å². The van der Waals surface area contributed by atoms with E-state index in [-0.39, 0.29) is 0 Å². The Kier molecular flexibility index (Phi) is 5.75. The van der Waals surface area contributed by atoms with Gasteiger partial charge in [-0.15, -0.1) is 0 Å². The van der Waals surface area contributed by atoms with Crippen LogP contribution in [0.4, 0.5) is 0 Å². The van der Waals surface area contributed by atoms with Crippen LogP contribution in [0.1, 0.15) is 64.5 Å². The molecule has 0 spiro atoms. The van der Waals surface area contributed by atoms with Gasteiger partial charge in [-0.25, -0.2) is 0 Å². The minimum atomic E-state index is 0.489. The summed E-state index contributed by atoms with van der Waals surface area (Å²) in [4.78, 5) is 0. The van der Waals surface area contributed by atoms with Crippen LogP contribution in [-0.2, 0) is 0 Å². The second-order valence-corrected chi connectivity index (χ2v) is 13.7. The van der Waals surface area contributed by atoms with E-state index in [9.17, 15) is 0 Å². The fraction of sp³-hybridized carbons (Fsp3) is 0.182. The molecular weight excluding hydrogens is 558 g/mol. The summed E-state index contributed by atoms with van der Waals surface area (Å²) in [7, 11) is 0. The fourth-order valence-electron chi connectivity index (χ4n) is 7.78. The summed E-state index contributed by atoms with van der Waals surface area (Å²) >= 11 is 0. The molecule has 0 atom stereocenters. The van der Waals surface area contributed by atoms with Gasteiger partial charge in [-0.3, -0.25) is 0 Å². The van der Waals surface area contributed by atoms with Gasteiger partial charge in [0, 0.05) is 32.1 Å². The highest BCUT2D eigenvalue weighted by Gasteiger charge is 2.21. The molecule has 3 aromatic heterocycles. The van der Waals surface area contributed by atoms with E-state index in [1.165, 1.54) is 81.9 Å². The molecule has 0 saturated heterocycles. The third-order valence-corrected chi connectivity index (χ3v) is 10.3. The van der Waals surface area contributed by atoms with Crippen LogP contribution in [0.15, 0.2) is 95.4 Å². The van der Waals surface area contributed by atoms with Crippen LogP contribution in [0.2, 0.25) is 0 Å². The van der Waals surface area contributed by atoms with Crippen LogP contribution in [0.3, 0.4) is 0 Å². The Labute approximate surface area is 268 Å². The molecule has 0 saturated carbocycles. The van der Waals surface area contributed by atoms with Crippen molar-refractivity contribution in [3.05, 3.63) is 113 Å². The standard InChI is InChI=1S/C44H37NO/c1-7-34-35-14-13-30(23-43(35)46-42(34)8-2)33-19-38-36-17-31-15-26(24(3)4)9-11-28(31)21-40(36)45-41-22-29-12-10-27(25(5)6)16-32(29)18-37(41)39(20-33)44(38)45/h7-25H,1-6H3/b34-7-,42-8+. The molecule has 0 amide bonds. The van der Waals surface area contributed by atoms with Crippen LogP contribution in [0, 0.1) is 0 Å². The Morgan fingerprint density at radius 3 is 1.63 bits per heavy atom. The molecule has 0 aliphatic heterocycles. The van der Waals surface area contributed by atoms with Gasteiger partial charge in [0.1, 0.15) is 11.0 Å². The van der Waals surface area contributed by atoms with Gasteiger partial charge < -0.3 is 8.82 Å². The van der Waals surface area contributed by atoms with E-state index >= 15 is 0 Å². The highest BCUT2D eigenvalue weighted by molar-refractivity contribution is 6.27. The Bertz CT molecular complexity index is 2690. The van der Waals surface area contributed by atoms with Crippen molar-refractivity contribution in [2.45, 2.75) is 53.4 Å². The van der Waals surface area contributed by atoms with Crippen molar-refractivity contribution >= 4 is 82.8 Å². The molecule has 0 fully saturated rings. The van der Waals surface area contributed by atoms with Crippen molar-refractivity contribution in [3.63, 3.8) is 0 Å². The summed E-state index contributed by atoms with van der Waals surface area (Å²) in [5, 5.41) is 12.7. The molecule has 3 heterocycles. The Balaban J connectivity index is 1.42. The number of furan rings is 1. The lowest BCUT2D eigenvalue weighted by molar-refractivity contribution is 0.575. The number of benzene rings is 6. The van der Waals surface area contributed by atoms with Crippen molar-refractivity contribution in [1.29, 1.82) is 0 Å². The Morgan fingerprint density at radius 2 is 1.11 bits per heavy atom. The van der Waals surface area contributed by atoms with Crippen molar-refractivity contribution in [3.8, 4) is 11.1 Å². The van der Waals surface area contributed by atoms with Gasteiger partial charge in [0.2, 0.25) is 0 Å². The SMILES string of the molecule is C/C=c1\c(=C/C)oc2cc(-c3cc4c5cc6cc(C(C)C)ccc6cc5n5c6cc7ccc(C(C)C)cc7cc6c(c3)c45)ccc12. The van der Waals surface area contributed by atoms with E-state index in [4.69, 9.17) is 4.42 Å². The summed E-state index contributed by atoms with van der Waals surface area (Å²) in [6.07, 6.45) is 4.20. The van der Waals surface area contributed by atoms with Gasteiger partial charge in [-0.05, 0) is 124 Å². The van der Waals surface area contributed by atoms with Crippen LogP contribution in [0.25, 0.3) is 93.9 Å². The monoisotopic (exact) mass is 595 g/mol. The molecule has 2 heteroatoms. The Morgan fingerprint density at radius 1 is 0.522 bits per heavy atom. The van der Waals surface area contributed by atoms with E-state index < -0.39 is 0 Å². The molecule has 6 aromatic carbocycles. The third-order valence-electron chi connectivity index (χ3n) is 10.3. The van der Waals surface area contributed by atoms with Crippen molar-refractivity contribution in [2.75, 3.05) is 0 Å². The average Bonchev–Trinajstić information content (AvgIpc) is 3.70. The minimum absolute atomic E-state index is 0.489. The molecule has 224 valence electrons.